The van der Waals surface area contributed by atoms with Crippen LogP contribution >= 0.6 is 34.5 Å². The van der Waals surface area contributed by atoms with Crippen molar-refractivity contribution in [3.8, 4) is 11.1 Å². The molecule has 2 heterocycles. The molecule has 1 aromatic carbocycles. The predicted octanol–water partition coefficient (Wildman–Crippen LogP) is 7.25. The number of rotatable bonds is 6. The van der Waals surface area contributed by atoms with Gasteiger partial charge in [0.1, 0.15) is 4.83 Å². The molecule has 29 heavy (non-hydrogen) atoms. The Morgan fingerprint density at radius 3 is 2.72 bits per heavy atom. The summed E-state index contributed by atoms with van der Waals surface area (Å²) in [7, 11) is 0. The third kappa shape index (κ3) is 4.16. The lowest BCUT2D eigenvalue weighted by molar-refractivity contribution is -0.137. The number of aryl methyl sites for hydroxylation is 3. The van der Waals surface area contributed by atoms with Crippen LogP contribution in [0.5, 0.6) is 0 Å². The number of pyridine rings is 1. The molecular formula is C23H23Cl2NO2S. The van der Waals surface area contributed by atoms with Crippen molar-refractivity contribution in [3.05, 3.63) is 49.9 Å². The van der Waals surface area contributed by atoms with Crippen LogP contribution in [0, 0.1) is 6.92 Å². The number of benzene rings is 1. The quantitative estimate of drug-likeness (QED) is 0.404. The lowest BCUT2D eigenvalue weighted by Gasteiger charge is -2.17. The lowest BCUT2D eigenvalue weighted by Crippen LogP contribution is -2.03. The second kappa shape index (κ2) is 8.63. The number of unbranched alkanes of at least 4 members (excludes halogenated alkanes) is 1. The van der Waals surface area contributed by atoms with Gasteiger partial charge in [-0.1, -0.05) is 29.3 Å². The van der Waals surface area contributed by atoms with Gasteiger partial charge in [-0.2, -0.15) is 0 Å². The first-order valence-electron chi connectivity index (χ1n) is 10.1. The van der Waals surface area contributed by atoms with Crippen molar-refractivity contribution in [1.82, 2.24) is 4.98 Å². The van der Waals surface area contributed by atoms with Crippen LogP contribution in [0.3, 0.4) is 0 Å². The van der Waals surface area contributed by atoms with Gasteiger partial charge >= 0.3 is 5.97 Å². The fourth-order valence-corrected chi connectivity index (χ4v) is 5.91. The molecule has 1 N–H and O–H groups in total. The van der Waals surface area contributed by atoms with E-state index in [4.69, 9.17) is 33.3 Å². The molecule has 0 fully saturated rings. The van der Waals surface area contributed by atoms with Gasteiger partial charge in [0, 0.05) is 22.4 Å². The van der Waals surface area contributed by atoms with Gasteiger partial charge in [0.2, 0.25) is 0 Å². The van der Waals surface area contributed by atoms with Gasteiger partial charge < -0.3 is 5.11 Å². The maximum atomic E-state index is 10.9. The Kier molecular flexibility index (Phi) is 6.14. The molecule has 0 bridgehead atoms. The molecule has 0 saturated heterocycles. The summed E-state index contributed by atoms with van der Waals surface area (Å²) in [6.07, 6.45) is 7.16. The summed E-state index contributed by atoms with van der Waals surface area (Å²) >= 11 is 14.4. The van der Waals surface area contributed by atoms with Crippen LogP contribution in [0.25, 0.3) is 21.3 Å². The summed E-state index contributed by atoms with van der Waals surface area (Å²) in [6, 6.07) is 5.84. The number of carbonyl (C=O) groups is 1. The van der Waals surface area contributed by atoms with Gasteiger partial charge in [0.25, 0.3) is 0 Å². The first-order valence-corrected chi connectivity index (χ1v) is 11.6. The fraction of sp³-hybridized carbons (Fsp3) is 0.391. The van der Waals surface area contributed by atoms with Crippen LogP contribution in [-0.4, -0.2) is 16.1 Å². The van der Waals surface area contributed by atoms with Crippen LogP contribution in [0.4, 0.5) is 0 Å². The van der Waals surface area contributed by atoms with Crippen LogP contribution in [0.15, 0.2) is 18.2 Å². The Labute approximate surface area is 184 Å². The van der Waals surface area contributed by atoms with Crippen molar-refractivity contribution in [2.24, 2.45) is 0 Å². The molecule has 0 amide bonds. The summed E-state index contributed by atoms with van der Waals surface area (Å²) in [5.41, 5.74) is 5.94. The second-order valence-corrected chi connectivity index (χ2v) is 9.57. The smallest absolute Gasteiger partial charge is 0.303 e. The number of hydrogen-bond acceptors (Lipinski definition) is 3. The van der Waals surface area contributed by atoms with Crippen molar-refractivity contribution in [1.29, 1.82) is 0 Å². The minimum absolute atomic E-state index is 0.199. The largest absolute Gasteiger partial charge is 0.481 e. The van der Waals surface area contributed by atoms with Crippen molar-refractivity contribution < 1.29 is 9.90 Å². The van der Waals surface area contributed by atoms with Crippen LogP contribution in [0.1, 0.15) is 53.8 Å². The average molecular weight is 448 g/mol. The molecule has 0 unspecified atom stereocenters. The number of aliphatic carboxylic acids is 1. The highest BCUT2D eigenvalue weighted by atomic mass is 35.5. The number of halogens is 2. The highest BCUT2D eigenvalue weighted by Gasteiger charge is 2.23. The Hall–Kier alpha value is -1.62. The molecule has 0 saturated carbocycles. The van der Waals surface area contributed by atoms with Crippen molar-refractivity contribution in [2.75, 3.05) is 0 Å². The normalized spacial score (nSPS) is 13.6. The number of nitrogens with zero attached hydrogens (tertiary/aromatic N) is 1. The monoisotopic (exact) mass is 447 g/mol. The van der Waals surface area contributed by atoms with E-state index in [0.717, 1.165) is 41.8 Å². The standard InChI is InChI=1S/C23H23Cl2NO2S/c1-13-15(6-3-5-9-20(27)28)21(14-10-11-17(24)18(25)12-14)22-16-7-2-4-8-19(16)29-23(22)26-13/h10-12H,2-9H2,1H3,(H,27,28). The number of carboxylic acids is 1. The summed E-state index contributed by atoms with van der Waals surface area (Å²) in [5, 5.41) is 11.3. The van der Waals surface area contributed by atoms with Gasteiger partial charge in [-0.25, -0.2) is 4.98 Å². The van der Waals surface area contributed by atoms with Gasteiger partial charge in [-0.05, 0) is 86.3 Å². The number of carboxylic acid groups (broad SMARTS) is 1. The maximum absolute atomic E-state index is 10.9. The molecular weight excluding hydrogens is 425 g/mol. The maximum Gasteiger partial charge on any atom is 0.303 e. The Bertz CT molecular complexity index is 1090. The van der Waals surface area contributed by atoms with Gasteiger partial charge in [0.15, 0.2) is 0 Å². The lowest BCUT2D eigenvalue weighted by atomic mass is 9.88. The van der Waals surface area contributed by atoms with E-state index in [-0.39, 0.29) is 6.42 Å². The van der Waals surface area contributed by atoms with E-state index in [1.165, 1.54) is 39.8 Å². The SMILES string of the molecule is Cc1nc2sc3c(c2c(-c2ccc(Cl)c(Cl)c2)c1CCCCC(=O)O)CCCC3. The first kappa shape index (κ1) is 20.6. The number of thiophene rings is 1. The van der Waals surface area contributed by atoms with E-state index in [0.29, 0.717) is 16.5 Å². The molecule has 152 valence electrons. The second-order valence-electron chi connectivity index (χ2n) is 7.67. The molecule has 3 nitrogen and oxygen atoms in total. The molecule has 0 radical (unpaired) electrons. The summed E-state index contributed by atoms with van der Waals surface area (Å²) in [5.74, 6) is -0.744. The summed E-state index contributed by atoms with van der Waals surface area (Å²) < 4.78 is 0. The van der Waals surface area contributed by atoms with E-state index < -0.39 is 5.97 Å². The third-order valence-corrected chi connectivity index (χ3v) is 7.61. The van der Waals surface area contributed by atoms with E-state index >= 15 is 0 Å². The minimum atomic E-state index is -0.744. The summed E-state index contributed by atoms with van der Waals surface area (Å²) in [6.45, 7) is 2.06. The molecule has 6 heteroatoms. The molecule has 1 aliphatic carbocycles. The molecule has 4 rings (SSSR count). The van der Waals surface area contributed by atoms with Crippen molar-refractivity contribution in [3.63, 3.8) is 0 Å². The van der Waals surface area contributed by atoms with Gasteiger partial charge in [-0.3, -0.25) is 4.79 Å². The molecule has 0 spiro atoms. The third-order valence-electron chi connectivity index (χ3n) is 5.69. The van der Waals surface area contributed by atoms with E-state index in [1.807, 2.05) is 29.5 Å². The highest BCUT2D eigenvalue weighted by molar-refractivity contribution is 7.19. The zero-order valence-corrected chi connectivity index (χ0v) is 18.7. The van der Waals surface area contributed by atoms with Gasteiger partial charge in [-0.15, -0.1) is 11.3 Å². The van der Waals surface area contributed by atoms with E-state index in [2.05, 4.69) is 6.92 Å². The van der Waals surface area contributed by atoms with Crippen molar-refractivity contribution in [2.45, 2.75) is 58.3 Å². The number of hydrogen-bond donors (Lipinski definition) is 1. The number of fused-ring (bicyclic) bond motifs is 3. The van der Waals surface area contributed by atoms with E-state index in [9.17, 15) is 4.79 Å². The van der Waals surface area contributed by atoms with Crippen LogP contribution < -0.4 is 0 Å². The minimum Gasteiger partial charge on any atom is -0.481 e. The van der Waals surface area contributed by atoms with Crippen LogP contribution in [0.2, 0.25) is 10.0 Å². The molecule has 3 aromatic rings. The van der Waals surface area contributed by atoms with Crippen molar-refractivity contribution >= 4 is 50.7 Å². The molecule has 0 atom stereocenters. The fourth-order valence-electron chi connectivity index (χ4n) is 4.29. The van der Waals surface area contributed by atoms with Crippen LogP contribution in [-0.2, 0) is 24.1 Å². The molecule has 1 aliphatic rings. The zero-order chi connectivity index (χ0) is 20.5. The first-order chi connectivity index (χ1) is 14.0. The predicted molar refractivity (Wildman–Crippen MR) is 122 cm³/mol. The molecule has 2 aromatic heterocycles. The van der Waals surface area contributed by atoms with E-state index in [1.54, 1.807) is 0 Å². The summed E-state index contributed by atoms with van der Waals surface area (Å²) in [4.78, 5) is 18.4. The Morgan fingerprint density at radius 2 is 1.97 bits per heavy atom. The molecule has 0 aliphatic heterocycles. The Morgan fingerprint density at radius 1 is 1.17 bits per heavy atom. The van der Waals surface area contributed by atoms with Gasteiger partial charge in [0.05, 0.1) is 10.0 Å². The zero-order valence-electron chi connectivity index (χ0n) is 16.4. The average Bonchev–Trinajstić information content (AvgIpc) is 3.05. The Balaban J connectivity index is 1.89. The number of aromatic nitrogens is 1. The highest BCUT2D eigenvalue weighted by Crippen LogP contribution is 2.44. The topological polar surface area (TPSA) is 50.2 Å².